The van der Waals surface area contributed by atoms with Crippen LogP contribution in [0.4, 0.5) is 0 Å². The third kappa shape index (κ3) is 5.91. The van der Waals surface area contributed by atoms with Gasteiger partial charge in [-0.1, -0.05) is 0 Å². The van der Waals surface area contributed by atoms with E-state index in [2.05, 4.69) is 32.6 Å². The van der Waals surface area contributed by atoms with Crippen LogP contribution < -0.4 is 10.6 Å². The summed E-state index contributed by atoms with van der Waals surface area (Å²) >= 11 is 5.15. The van der Waals surface area contributed by atoms with E-state index >= 15 is 0 Å². The zero-order valence-electron chi connectivity index (χ0n) is 11.5. The number of rotatable bonds is 7. The molecule has 0 spiro atoms. The number of halogens is 1. The Labute approximate surface area is 132 Å². The van der Waals surface area contributed by atoms with Crippen molar-refractivity contribution in [2.24, 2.45) is 0 Å². The summed E-state index contributed by atoms with van der Waals surface area (Å²) in [4.78, 5) is 13.0. The average Bonchev–Trinajstić information content (AvgIpc) is 2.86. The summed E-state index contributed by atoms with van der Waals surface area (Å²) in [5.74, 6) is 0.0783. The third-order valence-corrected chi connectivity index (χ3v) is 4.97. The summed E-state index contributed by atoms with van der Waals surface area (Å²) < 4.78 is 6.85. The van der Waals surface area contributed by atoms with Crippen molar-refractivity contribution in [3.05, 3.63) is 20.8 Å². The molecule has 20 heavy (non-hydrogen) atoms. The molecule has 6 heteroatoms. The Kier molecular flexibility index (Phi) is 6.99. The van der Waals surface area contributed by atoms with E-state index in [1.807, 2.05) is 6.07 Å². The Morgan fingerprint density at radius 3 is 2.95 bits per heavy atom. The number of ether oxygens (including phenoxy) is 1. The van der Waals surface area contributed by atoms with E-state index in [1.165, 1.54) is 4.88 Å². The van der Waals surface area contributed by atoms with Gasteiger partial charge < -0.3 is 15.4 Å². The van der Waals surface area contributed by atoms with Crippen LogP contribution in [0, 0.1) is 0 Å². The SMILES string of the molecule is O=C(CCOC1CCNCC1)NCCc1ccc(Br)s1. The number of carbonyl (C=O) groups excluding carboxylic acids is 1. The largest absolute Gasteiger partial charge is 0.378 e. The molecule has 0 radical (unpaired) electrons. The van der Waals surface area contributed by atoms with Crippen molar-refractivity contribution in [2.75, 3.05) is 26.2 Å². The zero-order valence-corrected chi connectivity index (χ0v) is 13.9. The Bertz CT molecular complexity index is 419. The van der Waals surface area contributed by atoms with Crippen LogP contribution >= 0.6 is 27.3 Å². The van der Waals surface area contributed by atoms with Crippen molar-refractivity contribution in [2.45, 2.75) is 31.8 Å². The Morgan fingerprint density at radius 1 is 1.45 bits per heavy atom. The second-order valence-electron chi connectivity index (χ2n) is 4.88. The minimum Gasteiger partial charge on any atom is -0.378 e. The fourth-order valence-corrected chi connectivity index (χ4v) is 3.66. The maximum absolute atomic E-state index is 11.7. The van der Waals surface area contributed by atoms with E-state index in [0.717, 1.165) is 36.1 Å². The number of hydrogen-bond donors (Lipinski definition) is 2. The second-order valence-corrected chi connectivity index (χ2v) is 7.42. The smallest absolute Gasteiger partial charge is 0.222 e. The topological polar surface area (TPSA) is 50.4 Å². The molecule has 1 aliphatic rings. The van der Waals surface area contributed by atoms with Gasteiger partial charge in [0.15, 0.2) is 0 Å². The van der Waals surface area contributed by atoms with Gasteiger partial charge in [-0.2, -0.15) is 0 Å². The highest BCUT2D eigenvalue weighted by atomic mass is 79.9. The summed E-state index contributed by atoms with van der Waals surface area (Å²) in [6.07, 6.45) is 3.77. The number of piperidine rings is 1. The van der Waals surface area contributed by atoms with Gasteiger partial charge >= 0.3 is 0 Å². The normalized spacial score (nSPS) is 16.2. The van der Waals surface area contributed by atoms with Crippen LogP contribution in [0.1, 0.15) is 24.1 Å². The summed E-state index contributed by atoms with van der Waals surface area (Å²) in [6, 6.07) is 4.12. The van der Waals surface area contributed by atoms with Crippen molar-refractivity contribution in [3.63, 3.8) is 0 Å². The molecule has 2 N–H and O–H groups in total. The predicted molar refractivity (Wildman–Crippen MR) is 85.2 cm³/mol. The summed E-state index contributed by atoms with van der Waals surface area (Å²) in [7, 11) is 0. The molecule has 1 fully saturated rings. The molecule has 0 saturated carbocycles. The Hall–Kier alpha value is -0.430. The first-order valence-electron chi connectivity index (χ1n) is 7.07. The standard InChI is InChI=1S/C14H21BrN2O2S/c15-13-2-1-12(20-13)5-9-17-14(18)6-10-19-11-3-7-16-8-4-11/h1-2,11,16H,3-10H2,(H,17,18). The third-order valence-electron chi connectivity index (χ3n) is 3.29. The van der Waals surface area contributed by atoms with Gasteiger partial charge in [-0.05, 0) is 60.4 Å². The maximum atomic E-state index is 11.7. The van der Waals surface area contributed by atoms with Crippen LogP contribution in [0.25, 0.3) is 0 Å². The number of amides is 1. The highest BCUT2D eigenvalue weighted by Crippen LogP contribution is 2.22. The van der Waals surface area contributed by atoms with E-state index in [1.54, 1.807) is 11.3 Å². The summed E-state index contributed by atoms with van der Waals surface area (Å²) in [6.45, 7) is 3.26. The van der Waals surface area contributed by atoms with Gasteiger partial charge in [0.2, 0.25) is 5.91 Å². The summed E-state index contributed by atoms with van der Waals surface area (Å²) in [5, 5.41) is 6.24. The van der Waals surface area contributed by atoms with Crippen molar-refractivity contribution >= 4 is 33.2 Å². The fraction of sp³-hybridized carbons (Fsp3) is 0.643. The van der Waals surface area contributed by atoms with Gasteiger partial charge in [-0.15, -0.1) is 11.3 Å². The average molecular weight is 361 g/mol. The molecule has 1 aromatic heterocycles. The number of thiophene rings is 1. The van der Waals surface area contributed by atoms with Gasteiger partial charge in [0.05, 0.1) is 16.5 Å². The second kappa shape index (κ2) is 8.77. The van der Waals surface area contributed by atoms with Gasteiger partial charge in [-0.3, -0.25) is 4.79 Å². The van der Waals surface area contributed by atoms with Crippen LogP contribution in [-0.4, -0.2) is 38.3 Å². The minimum absolute atomic E-state index is 0.0783. The first-order valence-corrected chi connectivity index (χ1v) is 8.68. The van der Waals surface area contributed by atoms with Crippen molar-refractivity contribution in [1.29, 1.82) is 0 Å². The molecule has 1 saturated heterocycles. The Morgan fingerprint density at radius 2 is 2.25 bits per heavy atom. The van der Waals surface area contributed by atoms with Gasteiger partial charge in [0, 0.05) is 17.8 Å². The van der Waals surface area contributed by atoms with Crippen molar-refractivity contribution in [1.82, 2.24) is 10.6 Å². The molecule has 112 valence electrons. The van der Waals surface area contributed by atoms with Crippen LogP contribution in [0.2, 0.25) is 0 Å². The van der Waals surface area contributed by atoms with E-state index in [4.69, 9.17) is 4.74 Å². The highest BCUT2D eigenvalue weighted by molar-refractivity contribution is 9.11. The molecule has 0 aliphatic carbocycles. The van der Waals surface area contributed by atoms with Crippen molar-refractivity contribution < 1.29 is 9.53 Å². The molecule has 0 bridgehead atoms. The van der Waals surface area contributed by atoms with Crippen LogP contribution in [0.15, 0.2) is 15.9 Å². The quantitative estimate of drug-likeness (QED) is 0.784. The number of hydrogen-bond acceptors (Lipinski definition) is 4. The Balaban J connectivity index is 1.51. The first-order chi connectivity index (χ1) is 9.74. The van der Waals surface area contributed by atoms with E-state index in [9.17, 15) is 4.79 Å². The molecule has 1 aliphatic heterocycles. The lowest BCUT2D eigenvalue weighted by atomic mass is 10.1. The molecule has 0 aromatic carbocycles. The molecule has 4 nitrogen and oxygen atoms in total. The van der Waals surface area contributed by atoms with Gasteiger partial charge in [-0.25, -0.2) is 0 Å². The minimum atomic E-state index is 0.0783. The molecule has 2 heterocycles. The van der Waals surface area contributed by atoms with Crippen molar-refractivity contribution in [3.8, 4) is 0 Å². The van der Waals surface area contributed by atoms with E-state index < -0.39 is 0 Å². The van der Waals surface area contributed by atoms with Crippen LogP contribution in [0.3, 0.4) is 0 Å². The summed E-state index contributed by atoms with van der Waals surface area (Å²) in [5.41, 5.74) is 0. The number of carbonyl (C=O) groups is 1. The molecular weight excluding hydrogens is 340 g/mol. The maximum Gasteiger partial charge on any atom is 0.222 e. The monoisotopic (exact) mass is 360 g/mol. The molecular formula is C14H21BrN2O2S. The van der Waals surface area contributed by atoms with Gasteiger partial charge in [0.1, 0.15) is 0 Å². The lowest BCUT2D eigenvalue weighted by Crippen LogP contribution is -2.33. The van der Waals surface area contributed by atoms with Crippen LogP contribution in [-0.2, 0) is 16.0 Å². The van der Waals surface area contributed by atoms with E-state index in [0.29, 0.717) is 25.7 Å². The molecule has 2 rings (SSSR count). The molecule has 0 unspecified atom stereocenters. The highest BCUT2D eigenvalue weighted by Gasteiger charge is 2.13. The zero-order chi connectivity index (χ0) is 14.2. The lowest BCUT2D eigenvalue weighted by Gasteiger charge is -2.22. The predicted octanol–water partition coefficient (Wildman–Crippen LogP) is 2.33. The first kappa shape index (κ1) is 15.9. The molecule has 1 amide bonds. The lowest BCUT2D eigenvalue weighted by molar-refractivity contribution is -0.122. The van der Waals surface area contributed by atoms with Crippen LogP contribution in [0.5, 0.6) is 0 Å². The molecule has 1 aromatic rings. The number of nitrogens with one attached hydrogen (secondary N) is 2. The van der Waals surface area contributed by atoms with Gasteiger partial charge in [0.25, 0.3) is 0 Å². The molecule has 0 atom stereocenters. The van der Waals surface area contributed by atoms with E-state index in [-0.39, 0.29) is 5.91 Å². The fourth-order valence-electron chi connectivity index (χ4n) is 2.18.